The topological polar surface area (TPSA) is 107 Å². The van der Waals surface area contributed by atoms with Crippen LogP contribution < -0.4 is 20.3 Å². The van der Waals surface area contributed by atoms with Gasteiger partial charge in [-0.25, -0.2) is 9.78 Å². The quantitative estimate of drug-likeness (QED) is 0.303. The van der Waals surface area contributed by atoms with Crippen molar-refractivity contribution >= 4 is 56.5 Å². The van der Waals surface area contributed by atoms with Crippen molar-refractivity contribution < 1.29 is 19.1 Å². The number of pyridine rings is 1. The van der Waals surface area contributed by atoms with Crippen molar-refractivity contribution in [3.63, 3.8) is 0 Å². The number of piperidine rings is 1. The van der Waals surface area contributed by atoms with Gasteiger partial charge in [-0.3, -0.25) is 14.5 Å². The minimum atomic E-state index is -0.361. The Balaban J connectivity index is 1.26. The molecule has 6 rings (SSSR count). The van der Waals surface area contributed by atoms with Crippen molar-refractivity contribution in [1.29, 1.82) is 0 Å². The first-order valence-corrected chi connectivity index (χ1v) is 14.7. The van der Waals surface area contributed by atoms with E-state index in [9.17, 15) is 14.4 Å². The highest BCUT2D eigenvalue weighted by Crippen LogP contribution is 2.46. The largest absolute Gasteiger partial charge is 0.457 e. The molecule has 216 valence electrons. The molecule has 0 spiro atoms. The Morgan fingerprint density at radius 1 is 1.12 bits per heavy atom. The lowest BCUT2D eigenvalue weighted by Gasteiger charge is -2.34. The average Bonchev–Trinajstić information content (AvgIpc) is 3.34. The molecule has 1 saturated heterocycles. The molecular weight excluding hydrogens is 552 g/mol. The van der Waals surface area contributed by atoms with Crippen LogP contribution in [0.3, 0.4) is 0 Å². The molecule has 0 bridgehead atoms. The van der Waals surface area contributed by atoms with E-state index < -0.39 is 0 Å². The van der Waals surface area contributed by atoms with Crippen LogP contribution in [0.5, 0.6) is 11.5 Å². The van der Waals surface area contributed by atoms with Gasteiger partial charge in [-0.1, -0.05) is 18.2 Å². The van der Waals surface area contributed by atoms with Gasteiger partial charge in [0.15, 0.2) is 0 Å². The molecule has 0 radical (unpaired) electrons. The molecule has 2 aromatic heterocycles. The number of hydrogen-bond acceptors (Lipinski definition) is 7. The number of likely N-dealkylation sites (N-methyl/N-ethyl adjacent to an activating group) is 1. The van der Waals surface area contributed by atoms with Crippen LogP contribution >= 0.6 is 11.3 Å². The lowest BCUT2D eigenvalue weighted by atomic mass is 10.0. The highest BCUT2D eigenvalue weighted by molar-refractivity contribution is 7.21. The second kappa shape index (κ2) is 11.4. The molecule has 42 heavy (non-hydrogen) atoms. The number of ether oxygens (including phenoxy) is 1. The lowest BCUT2D eigenvalue weighted by Crippen LogP contribution is -2.51. The van der Waals surface area contributed by atoms with Crippen LogP contribution in [-0.4, -0.2) is 72.4 Å². The van der Waals surface area contributed by atoms with E-state index in [0.29, 0.717) is 52.2 Å². The summed E-state index contributed by atoms with van der Waals surface area (Å²) in [7, 11) is 3.73. The van der Waals surface area contributed by atoms with Gasteiger partial charge in [0.25, 0.3) is 5.91 Å². The summed E-state index contributed by atoms with van der Waals surface area (Å²) in [5.74, 6) is 1.16. The lowest BCUT2D eigenvalue weighted by molar-refractivity contribution is -0.133. The zero-order valence-electron chi connectivity index (χ0n) is 23.7. The van der Waals surface area contributed by atoms with Crippen LogP contribution in [0.15, 0.2) is 60.8 Å². The van der Waals surface area contributed by atoms with Crippen LogP contribution in [0.1, 0.15) is 28.1 Å². The van der Waals surface area contributed by atoms with Gasteiger partial charge in [0.05, 0.1) is 29.0 Å². The zero-order chi connectivity index (χ0) is 29.4. The first-order valence-electron chi connectivity index (χ1n) is 13.9. The van der Waals surface area contributed by atoms with Crippen molar-refractivity contribution in [3.05, 3.63) is 71.2 Å². The summed E-state index contributed by atoms with van der Waals surface area (Å²) in [5, 5.41) is 6.79. The van der Waals surface area contributed by atoms with Gasteiger partial charge >= 0.3 is 6.03 Å². The van der Waals surface area contributed by atoms with Gasteiger partial charge in [-0.05, 0) is 75.8 Å². The predicted octanol–water partition coefficient (Wildman–Crippen LogP) is 5.36. The van der Waals surface area contributed by atoms with Crippen molar-refractivity contribution in [2.75, 3.05) is 43.9 Å². The number of para-hydroxylation sites is 1. The summed E-state index contributed by atoms with van der Waals surface area (Å²) in [6, 6.07) is 16.4. The SMILES string of the molecule is Cc1cc(Oc2ccccc2)ccc1N1C(=O)Nc2c(C(=O)N[C@@H]3CCCN(C(=O)CN(C)C)C3)sc3nccc1c23. The zero-order valence-corrected chi connectivity index (χ0v) is 24.5. The number of thiophene rings is 1. The molecule has 11 heteroatoms. The Morgan fingerprint density at radius 2 is 1.93 bits per heavy atom. The third-order valence-electron chi connectivity index (χ3n) is 7.40. The summed E-state index contributed by atoms with van der Waals surface area (Å²) in [5.41, 5.74) is 2.68. The molecule has 0 aliphatic carbocycles. The molecule has 4 heterocycles. The van der Waals surface area contributed by atoms with Gasteiger partial charge in [-0.2, -0.15) is 0 Å². The van der Waals surface area contributed by atoms with Crippen LogP contribution in [0.2, 0.25) is 0 Å². The van der Waals surface area contributed by atoms with Crippen molar-refractivity contribution in [1.82, 2.24) is 20.1 Å². The molecule has 2 aliphatic heterocycles. The van der Waals surface area contributed by atoms with Gasteiger partial charge in [0.1, 0.15) is 21.2 Å². The minimum absolute atomic E-state index is 0.0482. The van der Waals surface area contributed by atoms with Crippen LogP contribution in [0.4, 0.5) is 21.9 Å². The number of amides is 4. The van der Waals surface area contributed by atoms with E-state index in [1.807, 2.05) is 74.4 Å². The predicted molar refractivity (Wildman–Crippen MR) is 164 cm³/mol. The molecular formula is C31H32N6O4S. The Kier molecular flexibility index (Phi) is 7.53. The number of aromatic nitrogens is 1. The van der Waals surface area contributed by atoms with E-state index in [1.165, 1.54) is 11.3 Å². The van der Waals surface area contributed by atoms with E-state index in [2.05, 4.69) is 15.6 Å². The molecule has 2 aliphatic rings. The van der Waals surface area contributed by atoms with E-state index in [-0.39, 0.29) is 23.9 Å². The Hall–Kier alpha value is -4.48. The highest BCUT2D eigenvalue weighted by atomic mass is 32.1. The van der Waals surface area contributed by atoms with Crippen LogP contribution in [-0.2, 0) is 4.79 Å². The molecule has 10 nitrogen and oxygen atoms in total. The van der Waals surface area contributed by atoms with E-state index in [0.717, 1.165) is 29.5 Å². The molecule has 4 amide bonds. The molecule has 0 unspecified atom stereocenters. The van der Waals surface area contributed by atoms with Gasteiger partial charge in [0.2, 0.25) is 5.91 Å². The summed E-state index contributed by atoms with van der Waals surface area (Å²) >= 11 is 1.25. The van der Waals surface area contributed by atoms with E-state index in [4.69, 9.17) is 4.74 Å². The van der Waals surface area contributed by atoms with E-state index >= 15 is 0 Å². The average molecular weight is 585 g/mol. The fourth-order valence-corrected chi connectivity index (χ4v) is 6.52. The van der Waals surface area contributed by atoms with Gasteiger partial charge in [-0.15, -0.1) is 11.3 Å². The number of rotatable bonds is 7. The number of carbonyl (C=O) groups excluding carboxylic acids is 3. The van der Waals surface area contributed by atoms with Gasteiger partial charge < -0.3 is 25.2 Å². The number of benzene rings is 2. The van der Waals surface area contributed by atoms with Crippen LogP contribution in [0.25, 0.3) is 10.2 Å². The summed E-state index contributed by atoms with van der Waals surface area (Å²) in [6.45, 7) is 3.41. The maximum atomic E-state index is 13.6. The number of carbonyl (C=O) groups is 3. The number of nitrogens with one attached hydrogen (secondary N) is 2. The third kappa shape index (κ3) is 5.40. The summed E-state index contributed by atoms with van der Waals surface area (Å²) < 4.78 is 5.98. The second-order valence-corrected chi connectivity index (χ2v) is 11.8. The molecule has 1 atom stereocenters. The number of urea groups is 1. The molecule has 4 aromatic rings. The van der Waals surface area contributed by atoms with Crippen molar-refractivity contribution in [3.8, 4) is 11.5 Å². The number of aryl methyl sites for hydroxylation is 1. The second-order valence-electron chi connectivity index (χ2n) is 10.8. The van der Waals surface area contributed by atoms with Gasteiger partial charge in [0, 0.05) is 25.3 Å². The first kappa shape index (κ1) is 27.7. The molecule has 2 N–H and O–H groups in total. The number of nitrogens with zero attached hydrogens (tertiary/aromatic N) is 4. The minimum Gasteiger partial charge on any atom is -0.457 e. The smallest absolute Gasteiger partial charge is 0.331 e. The number of likely N-dealkylation sites (tertiary alicyclic amines) is 1. The Labute approximate surface area is 247 Å². The maximum absolute atomic E-state index is 13.6. The van der Waals surface area contributed by atoms with Crippen LogP contribution in [0, 0.1) is 6.92 Å². The fraction of sp³-hybridized carbons (Fsp3) is 0.290. The Morgan fingerprint density at radius 3 is 2.69 bits per heavy atom. The molecule has 0 saturated carbocycles. The fourth-order valence-electron chi connectivity index (χ4n) is 5.49. The summed E-state index contributed by atoms with van der Waals surface area (Å²) in [6.07, 6.45) is 3.25. The van der Waals surface area contributed by atoms with E-state index in [1.54, 1.807) is 22.1 Å². The highest BCUT2D eigenvalue weighted by Gasteiger charge is 2.34. The first-order chi connectivity index (χ1) is 20.3. The normalized spacial score (nSPS) is 16.5. The monoisotopic (exact) mass is 584 g/mol. The standard InChI is InChI=1S/C31H32N6O4S/c1-19-16-22(41-21-9-5-4-6-10-21)11-12-23(19)37-24-13-14-32-30-26(24)27(34-31(37)40)28(42-30)29(39)33-20-8-7-15-36(17-20)25(38)18-35(2)3/h4-6,9-14,16,20H,7-8,15,17-18H2,1-3H3,(H,33,39)(H,34,40)/t20-/m1/s1. The maximum Gasteiger partial charge on any atom is 0.331 e. The number of anilines is 3. The van der Waals surface area contributed by atoms with Crippen molar-refractivity contribution in [2.24, 2.45) is 0 Å². The third-order valence-corrected chi connectivity index (χ3v) is 8.50. The Bertz CT molecular complexity index is 1670. The van der Waals surface area contributed by atoms with Crippen molar-refractivity contribution in [2.45, 2.75) is 25.8 Å². The number of hydrogen-bond donors (Lipinski definition) is 2. The summed E-state index contributed by atoms with van der Waals surface area (Å²) in [4.78, 5) is 50.5. The molecule has 2 aromatic carbocycles. The molecule has 1 fully saturated rings.